The first-order chi connectivity index (χ1) is 11.7. The lowest BCUT2D eigenvalue weighted by molar-refractivity contribution is -0.142. The molecule has 1 aliphatic rings. The zero-order valence-electron chi connectivity index (χ0n) is 15.1. The van der Waals surface area contributed by atoms with Gasteiger partial charge >= 0.3 is 12.1 Å². The Hall–Kier alpha value is -2.57. The van der Waals surface area contributed by atoms with E-state index in [4.69, 9.17) is 9.47 Å². The van der Waals surface area contributed by atoms with E-state index in [1.165, 1.54) is 9.80 Å². The van der Waals surface area contributed by atoms with Gasteiger partial charge in [-0.2, -0.15) is 0 Å². The van der Waals surface area contributed by atoms with Gasteiger partial charge < -0.3 is 9.47 Å². The van der Waals surface area contributed by atoms with Gasteiger partial charge in [-0.15, -0.1) is 0 Å². The average Bonchev–Trinajstić information content (AvgIpc) is 2.64. The minimum atomic E-state index is -0.656. The van der Waals surface area contributed by atoms with Gasteiger partial charge in [-0.3, -0.25) is 19.4 Å². The van der Waals surface area contributed by atoms with Crippen LogP contribution in [0.25, 0.3) is 0 Å². The van der Waals surface area contributed by atoms with Crippen LogP contribution in [-0.2, 0) is 25.6 Å². The van der Waals surface area contributed by atoms with Gasteiger partial charge in [0.2, 0.25) is 5.91 Å². The summed E-state index contributed by atoms with van der Waals surface area (Å²) in [5.74, 6) is -0.847. The number of nitrogens with zero attached hydrogens (tertiary/aromatic N) is 2. The predicted molar refractivity (Wildman–Crippen MR) is 92.1 cm³/mol. The number of rotatable bonds is 3. The van der Waals surface area contributed by atoms with Crippen LogP contribution in [0.15, 0.2) is 24.3 Å². The SMILES string of the molecule is CCOC(=O)CN1C(=O)CN(C(=O)OC(C)(C)C)Cc2ccccc21. The molecule has 0 saturated carbocycles. The largest absolute Gasteiger partial charge is 0.465 e. The number of hydrogen-bond acceptors (Lipinski definition) is 5. The van der Waals surface area contributed by atoms with Crippen molar-refractivity contribution < 1.29 is 23.9 Å². The van der Waals surface area contributed by atoms with Crippen molar-refractivity contribution in [3.8, 4) is 0 Å². The Kier molecular flexibility index (Phi) is 5.66. The second kappa shape index (κ2) is 7.55. The lowest BCUT2D eigenvalue weighted by atomic mass is 10.1. The van der Waals surface area contributed by atoms with Gasteiger partial charge in [-0.05, 0) is 39.3 Å². The molecule has 0 atom stereocenters. The average molecular weight is 348 g/mol. The van der Waals surface area contributed by atoms with Gasteiger partial charge in [0.05, 0.1) is 13.2 Å². The van der Waals surface area contributed by atoms with Gasteiger partial charge in [-0.25, -0.2) is 4.79 Å². The van der Waals surface area contributed by atoms with Crippen LogP contribution >= 0.6 is 0 Å². The molecule has 0 saturated heterocycles. The first kappa shape index (κ1) is 18.8. The van der Waals surface area contributed by atoms with E-state index in [1.54, 1.807) is 39.8 Å². The summed E-state index contributed by atoms with van der Waals surface area (Å²) in [5.41, 5.74) is 0.714. The second-order valence-electron chi connectivity index (χ2n) is 6.75. The van der Waals surface area contributed by atoms with E-state index in [1.807, 2.05) is 12.1 Å². The molecular formula is C18H24N2O5. The van der Waals surface area contributed by atoms with Gasteiger partial charge in [-0.1, -0.05) is 18.2 Å². The summed E-state index contributed by atoms with van der Waals surface area (Å²) in [6.07, 6.45) is -0.561. The Bertz CT molecular complexity index is 666. The van der Waals surface area contributed by atoms with Crippen LogP contribution in [0.3, 0.4) is 0 Å². The zero-order chi connectivity index (χ0) is 18.6. The van der Waals surface area contributed by atoms with Crippen molar-refractivity contribution in [2.75, 3.05) is 24.6 Å². The van der Waals surface area contributed by atoms with E-state index in [0.717, 1.165) is 5.56 Å². The minimum absolute atomic E-state index is 0.164. The lowest BCUT2D eigenvalue weighted by Gasteiger charge is -2.26. The van der Waals surface area contributed by atoms with Crippen LogP contribution in [-0.4, -0.2) is 48.2 Å². The molecule has 7 heteroatoms. The van der Waals surface area contributed by atoms with Crippen molar-refractivity contribution in [3.05, 3.63) is 29.8 Å². The molecule has 1 aliphatic heterocycles. The first-order valence-electron chi connectivity index (χ1n) is 8.23. The number of ether oxygens (including phenoxy) is 2. The number of amides is 2. The van der Waals surface area contributed by atoms with Crippen LogP contribution in [0.2, 0.25) is 0 Å². The van der Waals surface area contributed by atoms with Crippen molar-refractivity contribution in [2.45, 2.75) is 39.8 Å². The summed E-state index contributed by atoms with van der Waals surface area (Å²) in [4.78, 5) is 39.6. The fourth-order valence-electron chi connectivity index (χ4n) is 2.52. The van der Waals surface area contributed by atoms with E-state index in [9.17, 15) is 14.4 Å². The van der Waals surface area contributed by atoms with E-state index >= 15 is 0 Å². The number of carbonyl (C=O) groups excluding carboxylic acids is 3. The summed E-state index contributed by atoms with van der Waals surface area (Å²) in [6, 6.07) is 7.19. The number of carbonyl (C=O) groups is 3. The summed E-state index contributed by atoms with van der Waals surface area (Å²) in [6.45, 7) is 7.14. The molecule has 1 heterocycles. The van der Waals surface area contributed by atoms with Crippen molar-refractivity contribution >= 4 is 23.7 Å². The highest BCUT2D eigenvalue weighted by Crippen LogP contribution is 2.26. The molecule has 2 amide bonds. The van der Waals surface area contributed by atoms with Crippen LogP contribution in [0.5, 0.6) is 0 Å². The minimum Gasteiger partial charge on any atom is -0.465 e. The number of fused-ring (bicyclic) bond motifs is 1. The van der Waals surface area contributed by atoms with E-state index in [0.29, 0.717) is 5.69 Å². The Morgan fingerprint density at radius 2 is 1.84 bits per heavy atom. The maximum atomic E-state index is 12.7. The zero-order valence-corrected chi connectivity index (χ0v) is 15.1. The van der Waals surface area contributed by atoms with Crippen molar-refractivity contribution in [1.82, 2.24) is 4.90 Å². The smallest absolute Gasteiger partial charge is 0.411 e. The van der Waals surface area contributed by atoms with Crippen molar-refractivity contribution in [1.29, 1.82) is 0 Å². The Morgan fingerprint density at radius 3 is 2.48 bits per heavy atom. The van der Waals surface area contributed by atoms with Gasteiger partial charge in [0.1, 0.15) is 18.7 Å². The monoisotopic (exact) mass is 348 g/mol. The topological polar surface area (TPSA) is 76.2 Å². The molecule has 0 radical (unpaired) electrons. The third kappa shape index (κ3) is 4.95. The number of esters is 1. The first-order valence-corrected chi connectivity index (χ1v) is 8.23. The lowest BCUT2D eigenvalue weighted by Crippen LogP contribution is -2.43. The third-order valence-electron chi connectivity index (χ3n) is 3.52. The Balaban J connectivity index is 2.28. The molecular weight excluding hydrogens is 324 g/mol. The summed E-state index contributed by atoms with van der Waals surface area (Å²) in [7, 11) is 0. The quantitative estimate of drug-likeness (QED) is 0.784. The molecule has 25 heavy (non-hydrogen) atoms. The summed E-state index contributed by atoms with van der Waals surface area (Å²) >= 11 is 0. The van der Waals surface area contributed by atoms with Crippen LogP contribution in [0, 0.1) is 0 Å². The summed E-state index contributed by atoms with van der Waals surface area (Å²) in [5, 5.41) is 0. The van der Waals surface area contributed by atoms with Crippen LogP contribution in [0.4, 0.5) is 10.5 Å². The van der Waals surface area contributed by atoms with Gasteiger partial charge in [0, 0.05) is 5.69 Å². The van der Waals surface area contributed by atoms with Crippen molar-refractivity contribution in [2.24, 2.45) is 0 Å². The molecule has 1 aromatic carbocycles. The number of para-hydroxylation sites is 1. The fraction of sp³-hybridized carbons (Fsp3) is 0.500. The van der Waals surface area contributed by atoms with E-state index < -0.39 is 17.7 Å². The van der Waals surface area contributed by atoms with E-state index in [-0.39, 0.29) is 32.1 Å². The third-order valence-corrected chi connectivity index (χ3v) is 3.52. The summed E-state index contributed by atoms with van der Waals surface area (Å²) < 4.78 is 10.3. The highest BCUT2D eigenvalue weighted by atomic mass is 16.6. The number of benzene rings is 1. The van der Waals surface area contributed by atoms with Gasteiger partial charge in [0.25, 0.3) is 0 Å². The molecule has 0 aromatic heterocycles. The molecule has 0 aliphatic carbocycles. The maximum Gasteiger partial charge on any atom is 0.411 e. The highest BCUT2D eigenvalue weighted by molar-refractivity contribution is 6.01. The Morgan fingerprint density at radius 1 is 1.16 bits per heavy atom. The molecule has 136 valence electrons. The molecule has 0 bridgehead atoms. The molecule has 2 rings (SSSR count). The second-order valence-corrected chi connectivity index (χ2v) is 6.75. The molecule has 7 nitrogen and oxygen atoms in total. The predicted octanol–water partition coefficient (Wildman–Crippen LogP) is 2.33. The Labute approximate surface area is 147 Å². The van der Waals surface area contributed by atoms with Gasteiger partial charge in [0.15, 0.2) is 0 Å². The normalized spacial score (nSPS) is 14.6. The fourth-order valence-corrected chi connectivity index (χ4v) is 2.52. The number of hydrogen-bond donors (Lipinski definition) is 0. The van der Waals surface area contributed by atoms with Crippen LogP contribution in [0.1, 0.15) is 33.3 Å². The highest BCUT2D eigenvalue weighted by Gasteiger charge is 2.32. The molecule has 1 aromatic rings. The maximum absolute atomic E-state index is 12.7. The van der Waals surface area contributed by atoms with E-state index in [2.05, 4.69) is 0 Å². The number of anilines is 1. The molecule has 0 unspecified atom stereocenters. The van der Waals surface area contributed by atoms with Crippen molar-refractivity contribution in [3.63, 3.8) is 0 Å². The van der Waals surface area contributed by atoms with Crippen LogP contribution < -0.4 is 4.90 Å². The molecule has 0 fully saturated rings. The standard InChI is InChI=1S/C18H24N2O5/c1-5-24-16(22)12-20-14-9-7-6-8-13(14)10-19(11-15(20)21)17(23)25-18(2,3)4/h6-9H,5,10-12H2,1-4H3. The molecule has 0 spiro atoms. The molecule has 0 N–H and O–H groups in total.